The number of hydrogen-bond donors (Lipinski definition) is 1. The lowest BCUT2D eigenvalue weighted by Crippen LogP contribution is -2.43. The van der Waals surface area contributed by atoms with Crippen LogP contribution in [0.25, 0.3) is 10.2 Å². The van der Waals surface area contributed by atoms with Crippen LogP contribution in [0.2, 0.25) is 0 Å². The molecular weight excluding hydrogens is 330 g/mol. The number of amides is 1. The van der Waals surface area contributed by atoms with Gasteiger partial charge >= 0.3 is 0 Å². The summed E-state index contributed by atoms with van der Waals surface area (Å²) in [6.07, 6.45) is 2.05. The summed E-state index contributed by atoms with van der Waals surface area (Å²) in [5.41, 5.74) is 3.12. The number of piperidine rings is 1. The molecule has 3 aromatic rings. The molecule has 0 spiro atoms. The van der Waals surface area contributed by atoms with Gasteiger partial charge in [0.2, 0.25) is 0 Å². The first-order valence-corrected chi connectivity index (χ1v) is 9.69. The Bertz CT molecular complexity index is 860. The Morgan fingerprint density at radius 2 is 1.96 bits per heavy atom. The third-order valence-electron chi connectivity index (χ3n) is 4.99. The van der Waals surface area contributed by atoms with Crippen molar-refractivity contribution in [1.29, 1.82) is 0 Å². The van der Waals surface area contributed by atoms with Crippen LogP contribution < -0.4 is 5.32 Å². The average molecular weight is 353 g/mol. The van der Waals surface area contributed by atoms with Crippen molar-refractivity contribution in [2.75, 3.05) is 20.1 Å². The summed E-state index contributed by atoms with van der Waals surface area (Å²) in [7, 11) is 2.14. The normalized spacial score (nSPS) is 16.4. The predicted molar refractivity (Wildman–Crippen MR) is 103 cm³/mol. The highest BCUT2D eigenvalue weighted by molar-refractivity contribution is 7.17. The van der Waals surface area contributed by atoms with Crippen LogP contribution in [0.1, 0.15) is 28.9 Å². The summed E-state index contributed by atoms with van der Waals surface area (Å²) >= 11 is 1.69. The molecule has 0 atom stereocenters. The molecule has 0 saturated carbocycles. The smallest absolute Gasteiger partial charge is 0.268 e. The number of likely N-dealkylation sites (tertiary alicyclic amines) is 1. The Hall–Kier alpha value is -2.11. The molecule has 0 aliphatic carbocycles. The van der Waals surface area contributed by atoms with Gasteiger partial charge in [0.05, 0.1) is 10.2 Å². The zero-order valence-corrected chi connectivity index (χ0v) is 15.3. The van der Waals surface area contributed by atoms with E-state index in [2.05, 4.69) is 45.4 Å². The van der Waals surface area contributed by atoms with E-state index in [4.69, 9.17) is 0 Å². The third kappa shape index (κ3) is 3.48. The molecule has 25 heavy (non-hydrogen) atoms. The minimum Gasteiger partial charge on any atom is -0.348 e. The molecule has 0 bridgehead atoms. The van der Waals surface area contributed by atoms with E-state index in [1.807, 2.05) is 24.3 Å². The summed E-state index contributed by atoms with van der Waals surface area (Å²) in [5, 5.41) is 5.34. The summed E-state index contributed by atoms with van der Waals surface area (Å²) < 4.78 is 3.32. The van der Waals surface area contributed by atoms with Crippen LogP contribution in [0.5, 0.6) is 0 Å². The van der Waals surface area contributed by atoms with Crippen LogP contribution in [0.4, 0.5) is 0 Å². The topological polar surface area (TPSA) is 37.3 Å². The fourth-order valence-electron chi connectivity index (χ4n) is 3.51. The number of carbonyl (C=O) groups is 1. The van der Waals surface area contributed by atoms with Crippen LogP contribution in [0, 0.1) is 0 Å². The van der Waals surface area contributed by atoms with Crippen LogP contribution in [-0.4, -0.2) is 41.6 Å². The Morgan fingerprint density at radius 1 is 1.20 bits per heavy atom. The van der Waals surface area contributed by atoms with Gasteiger partial charge in [-0.25, -0.2) is 0 Å². The first-order valence-electron chi connectivity index (χ1n) is 8.81. The van der Waals surface area contributed by atoms with Crippen LogP contribution >= 0.6 is 11.3 Å². The molecule has 3 heterocycles. The predicted octanol–water partition coefficient (Wildman–Crippen LogP) is 3.58. The summed E-state index contributed by atoms with van der Waals surface area (Å²) in [6.45, 7) is 2.81. The summed E-state index contributed by atoms with van der Waals surface area (Å²) in [6, 6.07) is 14.7. The second kappa shape index (κ2) is 7.02. The molecule has 4 rings (SSSR count). The number of aromatic nitrogens is 1. The highest BCUT2D eigenvalue weighted by atomic mass is 32.1. The number of rotatable bonds is 4. The molecule has 4 nitrogen and oxygen atoms in total. The molecule has 5 heteroatoms. The number of thiophene rings is 1. The fourth-order valence-corrected chi connectivity index (χ4v) is 4.34. The van der Waals surface area contributed by atoms with Crippen molar-refractivity contribution in [2.24, 2.45) is 0 Å². The highest BCUT2D eigenvalue weighted by Gasteiger charge is 2.22. The molecule has 1 saturated heterocycles. The number of nitrogens with one attached hydrogen (secondary N) is 1. The number of benzene rings is 1. The standard InChI is InChI=1S/C20H23N3OS/c1-22-10-7-16(8-11-22)21-20(24)18-13-19-17(9-12-25-19)23(18)14-15-5-3-2-4-6-15/h2-6,9,12-13,16H,7-8,10-11,14H2,1H3,(H,21,24). The monoisotopic (exact) mass is 353 g/mol. The second-order valence-electron chi connectivity index (χ2n) is 6.82. The van der Waals surface area contributed by atoms with Crippen molar-refractivity contribution in [2.45, 2.75) is 25.4 Å². The maximum absolute atomic E-state index is 12.9. The van der Waals surface area contributed by atoms with Crippen molar-refractivity contribution >= 4 is 27.5 Å². The van der Waals surface area contributed by atoms with Gasteiger partial charge in [0.25, 0.3) is 5.91 Å². The minimum absolute atomic E-state index is 0.0499. The number of nitrogens with zero attached hydrogens (tertiary/aromatic N) is 2. The quantitative estimate of drug-likeness (QED) is 0.778. The van der Waals surface area contributed by atoms with Crippen molar-refractivity contribution in [1.82, 2.24) is 14.8 Å². The molecule has 1 aliphatic rings. The van der Waals surface area contributed by atoms with Crippen LogP contribution in [0.15, 0.2) is 47.8 Å². The molecule has 1 N–H and O–H groups in total. The summed E-state index contributed by atoms with van der Waals surface area (Å²) in [4.78, 5) is 15.2. The lowest BCUT2D eigenvalue weighted by molar-refractivity contribution is 0.0908. The molecule has 1 aromatic carbocycles. The zero-order chi connectivity index (χ0) is 17.2. The molecule has 0 unspecified atom stereocenters. The first kappa shape index (κ1) is 16.4. The second-order valence-corrected chi connectivity index (χ2v) is 7.77. The van der Waals surface area contributed by atoms with Gasteiger partial charge in [-0.05, 0) is 56.1 Å². The molecule has 130 valence electrons. The van der Waals surface area contributed by atoms with E-state index in [1.165, 1.54) is 10.3 Å². The Balaban J connectivity index is 1.59. The third-order valence-corrected chi connectivity index (χ3v) is 5.85. The van der Waals surface area contributed by atoms with Crippen molar-refractivity contribution in [3.8, 4) is 0 Å². The Morgan fingerprint density at radius 3 is 2.72 bits per heavy atom. The van der Waals surface area contributed by atoms with Gasteiger partial charge < -0.3 is 14.8 Å². The lowest BCUT2D eigenvalue weighted by Gasteiger charge is -2.29. The van der Waals surface area contributed by atoms with Gasteiger partial charge in [-0.1, -0.05) is 30.3 Å². The van der Waals surface area contributed by atoms with Gasteiger partial charge in [-0.3, -0.25) is 4.79 Å². The van der Waals surface area contributed by atoms with Gasteiger partial charge in [-0.15, -0.1) is 11.3 Å². The van der Waals surface area contributed by atoms with Crippen LogP contribution in [-0.2, 0) is 6.54 Å². The maximum Gasteiger partial charge on any atom is 0.268 e. The molecule has 2 aromatic heterocycles. The van der Waals surface area contributed by atoms with E-state index < -0.39 is 0 Å². The SMILES string of the molecule is CN1CCC(NC(=O)c2cc3sccc3n2Cc2ccccc2)CC1. The number of fused-ring (bicyclic) bond motifs is 1. The Kier molecular flexibility index (Phi) is 4.59. The minimum atomic E-state index is 0.0499. The van der Waals surface area contributed by atoms with Crippen molar-refractivity contribution < 1.29 is 4.79 Å². The maximum atomic E-state index is 12.9. The van der Waals surface area contributed by atoms with E-state index in [0.717, 1.165) is 43.7 Å². The van der Waals surface area contributed by atoms with E-state index in [-0.39, 0.29) is 11.9 Å². The molecular formula is C20H23N3OS. The van der Waals surface area contributed by atoms with Gasteiger partial charge in [0, 0.05) is 12.6 Å². The largest absolute Gasteiger partial charge is 0.348 e. The van der Waals surface area contributed by atoms with Crippen molar-refractivity contribution in [3.63, 3.8) is 0 Å². The first-order chi connectivity index (χ1) is 12.2. The fraction of sp³-hybridized carbons (Fsp3) is 0.350. The van der Waals surface area contributed by atoms with E-state index in [0.29, 0.717) is 0 Å². The lowest BCUT2D eigenvalue weighted by atomic mass is 10.1. The molecule has 1 aliphatic heterocycles. The van der Waals surface area contributed by atoms with E-state index in [1.54, 1.807) is 11.3 Å². The molecule has 1 amide bonds. The molecule has 0 radical (unpaired) electrons. The van der Waals surface area contributed by atoms with Gasteiger partial charge in [0.15, 0.2) is 0 Å². The zero-order valence-electron chi connectivity index (χ0n) is 14.4. The number of carbonyl (C=O) groups excluding carboxylic acids is 1. The van der Waals surface area contributed by atoms with Crippen molar-refractivity contribution in [3.05, 3.63) is 59.1 Å². The van der Waals surface area contributed by atoms with Crippen LogP contribution in [0.3, 0.4) is 0 Å². The van der Waals surface area contributed by atoms with Gasteiger partial charge in [0.1, 0.15) is 5.69 Å². The Labute approximate surface area is 152 Å². The summed E-state index contributed by atoms with van der Waals surface area (Å²) in [5.74, 6) is 0.0499. The highest BCUT2D eigenvalue weighted by Crippen LogP contribution is 2.26. The van der Waals surface area contributed by atoms with Gasteiger partial charge in [-0.2, -0.15) is 0 Å². The van der Waals surface area contributed by atoms with E-state index >= 15 is 0 Å². The van der Waals surface area contributed by atoms with E-state index in [9.17, 15) is 4.79 Å². The number of hydrogen-bond acceptors (Lipinski definition) is 3. The average Bonchev–Trinajstić information content (AvgIpc) is 3.21. The molecule has 1 fully saturated rings.